The maximum Gasteiger partial charge on any atom is 0.312 e. The molecule has 0 saturated carbocycles. The number of imidazole rings is 1. The molecule has 1 fully saturated rings. The number of nitrogens with two attached hydrogens (primary N) is 1. The smallest absolute Gasteiger partial charge is 0.312 e. The topological polar surface area (TPSA) is 108 Å². The molecule has 2 aromatic heterocycles. The lowest BCUT2D eigenvalue weighted by molar-refractivity contribution is -0.141. The Hall–Kier alpha value is -1.85. The molecule has 3 heterocycles. The van der Waals surface area contributed by atoms with E-state index in [0.717, 1.165) is 18.1 Å². The number of rotatable bonds is 7. The van der Waals surface area contributed by atoms with Gasteiger partial charge in [-0.15, -0.1) is 5.54 Å². The average molecular weight is 522 g/mol. The molecule has 0 unspecified atom stereocenters. The fourth-order valence-corrected chi connectivity index (χ4v) is 9.43. The summed E-state index contributed by atoms with van der Waals surface area (Å²) in [5.41, 5.74) is 8.62. The van der Waals surface area contributed by atoms with Crippen LogP contribution >= 0.6 is 0 Å². The highest BCUT2D eigenvalue weighted by atomic mass is 28.3. The quantitative estimate of drug-likeness (QED) is 0.325. The van der Waals surface area contributed by atoms with Crippen LogP contribution in [-0.4, -0.2) is 65.4 Å². The molecule has 1 aliphatic heterocycles. The summed E-state index contributed by atoms with van der Waals surface area (Å²) < 4.78 is 28.9. The number of nitrogens with zero attached hydrogens (tertiary/aromatic N) is 4. The van der Waals surface area contributed by atoms with E-state index in [1.165, 1.54) is 6.33 Å². The van der Waals surface area contributed by atoms with Gasteiger partial charge in [0.25, 0.3) is 0 Å². The first-order chi connectivity index (χ1) is 16.3. The monoisotopic (exact) mass is 521 g/mol. The van der Waals surface area contributed by atoms with Crippen molar-refractivity contribution >= 4 is 33.9 Å². The molecule has 2 aromatic rings. The summed E-state index contributed by atoms with van der Waals surface area (Å²) in [6, 6.07) is 3.16. The molecule has 35 heavy (non-hydrogen) atoms. The van der Waals surface area contributed by atoms with E-state index < -0.39 is 45.6 Å². The minimum Gasteiger partial charge on any atom is -0.388 e. The van der Waals surface area contributed by atoms with Crippen LogP contribution in [0.1, 0.15) is 48.0 Å². The van der Waals surface area contributed by atoms with E-state index in [4.69, 9.17) is 15.2 Å². The summed E-state index contributed by atoms with van der Waals surface area (Å²) in [6.07, 6.45) is -0.0740. The Morgan fingerprint density at radius 2 is 1.91 bits per heavy atom. The molecule has 11 heteroatoms. The van der Waals surface area contributed by atoms with Gasteiger partial charge in [0, 0.05) is 6.42 Å². The summed E-state index contributed by atoms with van der Waals surface area (Å²) in [4.78, 5) is 11.9. The van der Waals surface area contributed by atoms with Crippen LogP contribution in [0.4, 0.5) is 10.2 Å². The van der Waals surface area contributed by atoms with E-state index in [2.05, 4.69) is 60.3 Å². The van der Waals surface area contributed by atoms with Gasteiger partial charge in [-0.1, -0.05) is 39.8 Å². The Kier molecular flexibility index (Phi) is 7.84. The lowest BCUT2D eigenvalue weighted by Crippen LogP contribution is -2.53. The standard InChI is InChI=1S/C24H40FN5O3Si2/c1-9-35(10-2,11-3)13-12-23(15-32-22(4,5)6)14-17(31)24(33-23,34(7)8)30-16-27-18-19(26)28-21(25)29-20(18)30/h16-17,31,34H,9-11,14-15H2,1-8H3,(H2,26,28,29)/t17-,23+,24+/m1/s1. The van der Waals surface area contributed by atoms with Crippen molar-refractivity contribution < 1.29 is 19.0 Å². The molecule has 0 amide bonds. The van der Waals surface area contributed by atoms with Crippen molar-refractivity contribution in [3.63, 3.8) is 0 Å². The molecule has 0 aliphatic carbocycles. The number of aromatic nitrogens is 4. The molecule has 0 bridgehead atoms. The van der Waals surface area contributed by atoms with Crippen molar-refractivity contribution in [1.29, 1.82) is 0 Å². The van der Waals surface area contributed by atoms with Crippen LogP contribution in [0.5, 0.6) is 0 Å². The summed E-state index contributed by atoms with van der Waals surface area (Å²) in [5.74, 6) is 3.45. The largest absolute Gasteiger partial charge is 0.388 e. The van der Waals surface area contributed by atoms with E-state index in [1.807, 2.05) is 20.8 Å². The molecule has 8 nitrogen and oxygen atoms in total. The van der Waals surface area contributed by atoms with Crippen molar-refractivity contribution in [2.24, 2.45) is 0 Å². The van der Waals surface area contributed by atoms with Crippen molar-refractivity contribution in [3.8, 4) is 11.5 Å². The summed E-state index contributed by atoms with van der Waals surface area (Å²) >= 11 is 0. The molecule has 0 spiro atoms. The first kappa shape index (κ1) is 27.7. The van der Waals surface area contributed by atoms with Crippen LogP contribution in [0.2, 0.25) is 31.2 Å². The molecule has 3 atom stereocenters. The minimum absolute atomic E-state index is 0.0500. The predicted octanol–water partition coefficient (Wildman–Crippen LogP) is 3.61. The molecular weight excluding hydrogens is 481 g/mol. The van der Waals surface area contributed by atoms with E-state index >= 15 is 0 Å². The molecule has 3 rings (SSSR count). The third kappa shape index (κ3) is 5.18. The number of nitrogen functional groups attached to an aromatic ring is 1. The molecular formula is C24H40FN5O3Si2. The molecule has 194 valence electrons. The van der Waals surface area contributed by atoms with Crippen LogP contribution in [0.25, 0.3) is 11.2 Å². The molecule has 0 aromatic carbocycles. The van der Waals surface area contributed by atoms with E-state index in [9.17, 15) is 9.50 Å². The van der Waals surface area contributed by atoms with Crippen molar-refractivity contribution in [2.75, 3.05) is 12.3 Å². The third-order valence-corrected chi connectivity index (χ3v) is 14.4. The zero-order valence-corrected chi connectivity index (χ0v) is 24.4. The van der Waals surface area contributed by atoms with E-state index in [-0.39, 0.29) is 30.0 Å². The first-order valence-corrected chi connectivity index (χ1v) is 18.0. The highest BCUT2D eigenvalue weighted by Crippen LogP contribution is 2.45. The van der Waals surface area contributed by atoms with Crippen molar-refractivity contribution in [3.05, 3.63) is 12.4 Å². The van der Waals surface area contributed by atoms with E-state index in [0.29, 0.717) is 0 Å². The second kappa shape index (κ2) is 9.90. The van der Waals surface area contributed by atoms with Gasteiger partial charge >= 0.3 is 6.08 Å². The lowest BCUT2D eigenvalue weighted by Gasteiger charge is -2.38. The highest BCUT2D eigenvalue weighted by Gasteiger charge is 2.59. The van der Waals surface area contributed by atoms with E-state index in [1.54, 1.807) is 4.57 Å². The Morgan fingerprint density at radius 1 is 1.29 bits per heavy atom. The second-order valence-electron chi connectivity index (χ2n) is 10.9. The fourth-order valence-electron chi connectivity index (χ4n) is 4.82. The minimum atomic E-state index is -1.87. The maximum atomic E-state index is 14.2. The van der Waals surface area contributed by atoms with Gasteiger partial charge in [-0.25, -0.2) is 4.98 Å². The lowest BCUT2D eigenvalue weighted by atomic mass is 10.0. The van der Waals surface area contributed by atoms with Gasteiger partial charge in [0.05, 0.1) is 27.3 Å². The van der Waals surface area contributed by atoms with Crippen LogP contribution < -0.4 is 5.73 Å². The number of hydrogen-bond acceptors (Lipinski definition) is 7. The summed E-state index contributed by atoms with van der Waals surface area (Å²) in [5, 5.41) is 10.5. The zero-order valence-electron chi connectivity index (χ0n) is 22.3. The first-order valence-electron chi connectivity index (χ1n) is 12.5. The Bertz CT molecular complexity index is 1110. The number of halogens is 1. The predicted molar refractivity (Wildman–Crippen MR) is 142 cm³/mol. The van der Waals surface area contributed by atoms with Crippen LogP contribution in [0.3, 0.4) is 0 Å². The van der Waals surface area contributed by atoms with Gasteiger partial charge in [0.1, 0.15) is 14.2 Å². The number of anilines is 1. The van der Waals surface area contributed by atoms with Crippen molar-refractivity contribution in [2.45, 2.75) is 102 Å². The molecule has 1 aliphatic rings. The fraction of sp³-hybridized carbons (Fsp3) is 0.708. The van der Waals surface area contributed by atoms with Gasteiger partial charge in [-0.3, -0.25) is 4.57 Å². The Labute approximate surface area is 210 Å². The van der Waals surface area contributed by atoms with Gasteiger partial charge < -0.3 is 20.3 Å². The molecule has 1 saturated heterocycles. The molecule has 3 N–H and O–H groups in total. The number of ether oxygens (including phenoxy) is 2. The normalized spacial score (nSPS) is 25.3. The van der Waals surface area contributed by atoms with Gasteiger partial charge in [0.2, 0.25) is 0 Å². The SMILES string of the molecule is CC[Si](C#C[C@@]1(COC(C)(C)C)C[C@@H](O)[C@@](n2cnc3c(N)nc(F)nc32)([SiH](C)C)O1)(CC)CC. The third-order valence-electron chi connectivity index (χ3n) is 7.28. The van der Waals surface area contributed by atoms with Gasteiger partial charge in [-0.05, 0) is 38.9 Å². The number of fused-ring (bicyclic) bond motifs is 1. The van der Waals surface area contributed by atoms with Gasteiger partial charge in [0.15, 0.2) is 27.9 Å². The summed E-state index contributed by atoms with van der Waals surface area (Å²) in [6.45, 7) is 16.9. The number of hydrogen-bond donors (Lipinski definition) is 2. The Balaban J connectivity index is 2.19. The molecule has 0 radical (unpaired) electrons. The maximum absolute atomic E-state index is 14.2. The van der Waals surface area contributed by atoms with Gasteiger partial charge in [-0.2, -0.15) is 14.4 Å². The van der Waals surface area contributed by atoms with Crippen molar-refractivity contribution in [1.82, 2.24) is 19.5 Å². The summed E-state index contributed by atoms with van der Waals surface area (Å²) in [7, 11) is -3.67. The Morgan fingerprint density at radius 3 is 2.46 bits per heavy atom. The number of aliphatic hydroxyl groups is 1. The zero-order chi connectivity index (χ0) is 26.2. The second-order valence-corrected chi connectivity index (χ2v) is 18.9. The number of aliphatic hydroxyl groups excluding tert-OH is 1. The highest BCUT2D eigenvalue weighted by molar-refractivity contribution is 6.87. The van der Waals surface area contributed by atoms with Crippen LogP contribution in [0.15, 0.2) is 6.33 Å². The van der Waals surface area contributed by atoms with Crippen LogP contribution in [-0.2, 0) is 14.8 Å². The average Bonchev–Trinajstić information content (AvgIpc) is 3.33. The van der Waals surface area contributed by atoms with Crippen LogP contribution in [0, 0.1) is 17.5 Å².